The summed E-state index contributed by atoms with van der Waals surface area (Å²) in [5.74, 6) is 0.626. The molecule has 0 bridgehead atoms. The number of ether oxygens (including phenoxy) is 1. The number of nitrogens with zero attached hydrogens (tertiary/aromatic N) is 4. The summed E-state index contributed by atoms with van der Waals surface area (Å²) in [6, 6.07) is 9.93. The Morgan fingerprint density at radius 3 is 2.69 bits per heavy atom. The van der Waals surface area contributed by atoms with Gasteiger partial charge in [0, 0.05) is 5.02 Å². The highest BCUT2D eigenvalue weighted by atomic mass is 35.5. The lowest BCUT2D eigenvalue weighted by Crippen LogP contribution is -2.06. The second-order valence-corrected chi connectivity index (χ2v) is 6.76. The van der Waals surface area contributed by atoms with E-state index in [1.165, 1.54) is 6.07 Å². The number of benzene rings is 2. The number of rotatable bonds is 3. The number of hydrogen-bond donors (Lipinski definition) is 0. The highest BCUT2D eigenvalue weighted by Gasteiger charge is 2.18. The lowest BCUT2D eigenvalue weighted by Gasteiger charge is -2.12. The normalized spacial score (nSPS) is 11.6. The van der Waals surface area contributed by atoms with Crippen molar-refractivity contribution in [1.29, 1.82) is 0 Å². The second kappa shape index (κ2) is 6.21. The maximum Gasteiger partial charge on any atom is 0.183 e. The van der Waals surface area contributed by atoms with Crippen LogP contribution in [0.2, 0.25) is 5.02 Å². The van der Waals surface area contributed by atoms with E-state index in [-0.39, 0.29) is 11.9 Å². The zero-order chi connectivity index (χ0) is 18.4. The van der Waals surface area contributed by atoms with E-state index in [0.29, 0.717) is 44.5 Å². The third-order valence-corrected chi connectivity index (χ3v) is 4.24. The minimum absolute atomic E-state index is 0.0161. The van der Waals surface area contributed by atoms with Gasteiger partial charge in [0.05, 0.1) is 22.9 Å². The third-order valence-electron chi connectivity index (χ3n) is 4.00. The van der Waals surface area contributed by atoms with Crippen LogP contribution in [0.5, 0.6) is 5.75 Å². The maximum absolute atomic E-state index is 14.6. The van der Waals surface area contributed by atoms with E-state index >= 15 is 0 Å². The number of aromatic nitrogens is 4. The van der Waals surface area contributed by atoms with Crippen LogP contribution in [-0.4, -0.2) is 25.7 Å². The standard InChI is InChI=1S/C19H16ClFN4O/c1-10(2)26-13-5-6-15(21)14(9-13)19-22-11(3)18-24-23-16-7-4-12(20)8-17(16)25(18)19/h4-10H,1-3H3. The minimum atomic E-state index is -0.389. The van der Waals surface area contributed by atoms with Crippen molar-refractivity contribution >= 4 is 28.3 Å². The molecular weight excluding hydrogens is 355 g/mol. The largest absolute Gasteiger partial charge is 0.491 e. The highest BCUT2D eigenvalue weighted by molar-refractivity contribution is 6.31. The number of fused-ring (bicyclic) bond motifs is 3. The Morgan fingerprint density at radius 2 is 1.92 bits per heavy atom. The average molecular weight is 371 g/mol. The van der Waals surface area contributed by atoms with Crippen molar-refractivity contribution in [3.63, 3.8) is 0 Å². The van der Waals surface area contributed by atoms with Gasteiger partial charge in [-0.3, -0.25) is 4.40 Å². The van der Waals surface area contributed by atoms with Crippen molar-refractivity contribution in [2.24, 2.45) is 0 Å². The van der Waals surface area contributed by atoms with Crippen LogP contribution in [-0.2, 0) is 0 Å². The van der Waals surface area contributed by atoms with E-state index in [1.54, 1.807) is 34.7 Å². The van der Waals surface area contributed by atoms with Crippen LogP contribution >= 0.6 is 11.6 Å². The second-order valence-electron chi connectivity index (χ2n) is 6.32. The van der Waals surface area contributed by atoms with Gasteiger partial charge in [-0.1, -0.05) is 11.6 Å². The molecule has 26 heavy (non-hydrogen) atoms. The summed E-state index contributed by atoms with van der Waals surface area (Å²) >= 11 is 6.16. The first kappa shape index (κ1) is 16.7. The summed E-state index contributed by atoms with van der Waals surface area (Å²) in [6.45, 7) is 5.66. The Morgan fingerprint density at radius 1 is 1.12 bits per heavy atom. The molecule has 0 N–H and O–H groups in total. The Kier molecular flexibility index (Phi) is 4.00. The van der Waals surface area contributed by atoms with Crippen LogP contribution < -0.4 is 4.74 Å². The molecule has 7 heteroatoms. The van der Waals surface area contributed by atoms with Crippen molar-refractivity contribution in [3.8, 4) is 17.1 Å². The summed E-state index contributed by atoms with van der Waals surface area (Å²) in [6.07, 6.45) is -0.0161. The van der Waals surface area contributed by atoms with E-state index in [4.69, 9.17) is 16.3 Å². The molecule has 0 amide bonds. The van der Waals surface area contributed by atoms with Gasteiger partial charge in [0.15, 0.2) is 5.65 Å². The Bertz CT molecular complexity index is 1140. The van der Waals surface area contributed by atoms with Crippen LogP contribution in [0.25, 0.3) is 28.1 Å². The van der Waals surface area contributed by atoms with E-state index in [2.05, 4.69) is 15.2 Å². The first-order chi connectivity index (χ1) is 12.4. The molecule has 0 aliphatic rings. The van der Waals surface area contributed by atoms with Crippen molar-refractivity contribution in [2.75, 3.05) is 0 Å². The van der Waals surface area contributed by atoms with Crippen LogP contribution in [0.15, 0.2) is 36.4 Å². The molecule has 0 spiro atoms. The topological polar surface area (TPSA) is 52.3 Å². The molecule has 4 rings (SSSR count). The molecule has 0 unspecified atom stereocenters. The molecule has 2 aromatic heterocycles. The number of halogens is 2. The van der Waals surface area contributed by atoms with Gasteiger partial charge >= 0.3 is 0 Å². The molecule has 5 nitrogen and oxygen atoms in total. The molecule has 0 aliphatic carbocycles. The molecule has 0 saturated carbocycles. The van der Waals surface area contributed by atoms with Gasteiger partial charge in [0.2, 0.25) is 0 Å². The zero-order valence-corrected chi connectivity index (χ0v) is 15.3. The maximum atomic E-state index is 14.6. The Balaban J connectivity index is 2.04. The number of aryl methyl sites for hydroxylation is 1. The Hall–Kier alpha value is -2.73. The van der Waals surface area contributed by atoms with Gasteiger partial charge in [0.1, 0.15) is 22.9 Å². The van der Waals surface area contributed by atoms with Crippen LogP contribution in [0.4, 0.5) is 4.39 Å². The average Bonchev–Trinajstić information content (AvgIpc) is 2.93. The van der Waals surface area contributed by atoms with Crippen molar-refractivity contribution < 1.29 is 9.13 Å². The molecule has 0 fully saturated rings. The van der Waals surface area contributed by atoms with Crippen molar-refractivity contribution in [2.45, 2.75) is 26.9 Å². The fourth-order valence-corrected chi connectivity index (χ4v) is 3.10. The molecule has 0 radical (unpaired) electrons. The minimum Gasteiger partial charge on any atom is -0.491 e. The molecule has 132 valence electrons. The molecule has 4 aromatic rings. The smallest absolute Gasteiger partial charge is 0.183 e. The third kappa shape index (κ3) is 2.76. The van der Waals surface area contributed by atoms with E-state index < -0.39 is 0 Å². The zero-order valence-electron chi connectivity index (χ0n) is 14.5. The van der Waals surface area contributed by atoms with E-state index in [0.717, 1.165) is 0 Å². The molecular formula is C19H16ClFN4O. The molecule has 0 aliphatic heterocycles. The van der Waals surface area contributed by atoms with Gasteiger partial charge < -0.3 is 4.74 Å². The number of imidazole rings is 1. The Labute approximate surface area is 154 Å². The first-order valence-corrected chi connectivity index (χ1v) is 8.59. The summed E-state index contributed by atoms with van der Waals surface area (Å²) < 4.78 is 22.1. The molecule has 0 saturated heterocycles. The van der Waals surface area contributed by atoms with E-state index in [1.807, 2.05) is 20.8 Å². The monoisotopic (exact) mass is 370 g/mol. The van der Waals surface area contributed by atoms with E-state index in [9.17, 15) is 4.39 Å². The summed E-state index contributed by atoms with van der Waals surface area (Å²) in [7, 11) is 0. The molecule has 0 atom stereocenters. The van der Waals surface area contributed by atoms with Gasteiger partial charge in [0.25, 0.3) is 0 Å². The summed E-state index contributed by atoms with van der Waals surface area (Å²) in [4.78, 5) is 4.54. The van der Waals surface area contributed by atoms with Crippen LogP contribution in [0.3, 0.4) is 0 Å². The fourth-order valence-electron chi connectivity index (χ4n) is 2.93. The van der Waals surface area contributed by atoms with Crippen molar-refractivity contribution in [3.05, 3.63) is 52.9 Å². The number of hydrogen-bond acceptors (Lipinski definition) is 4. The van der Waals surface area contributed by atoms with Gasteiger partial charge in [-0.2, -0.15) is 0 Å². The van der Waals surface area contributed by atoms with Crippen molar-refractivity contribution in [1.82, 2.24) is 19.6 Å². The molecule has 2 aromatic carbocycles. The summed E-state index contributed by atoms with van der Waals surface area (Å²) in [5.41, 5.74) is 2.91. The summed E-state index contributed by atoms with van der Waals surface area (Å²) in [5, 5.41) is 9.01. The van der Waals surface area contributed by atoms with Gasteiger partial charge in [-0.25, -0.2) is 9.37 Å². The predicted octanol–water partition coefficient (Wildman–Crippen LogP) is 4.83. The van der Waals surface area contributed by atoms with Crippen LogP contribution in [0.1, 0.15) is 19.5 Å². The van der Waals surface area contributed by atoms with Gasteiger partial charge in [-0.05, 0) is 57.2 Å². The molecule has 2 heterocycles. The SMILES string of the molecule is Cc1nc(-c2cc(OC(C)C)ccc2F)n2c1nnc1ccc(Cl)cc12. The van der Waals surface area contributed by atoms with Gasteiger partial charge in [-0.15, -0.1) is 10.2 Å². The lowest BCUT2D eigenvalue weighted by molar-refractivity contribution is 0.242. The lowest BCUT2D eigenvalue weighted by atomic mass is 10.2. The first-order valence-electron chi connectivity index (χ1n) is 8.21. The quantitative estimate of drug-likeness (QED) is 0.518. The highest BCUT2D eigenvalue weighted by Crippen LogP contribution is 2.30. The predicted molar refractivity (Wildman–Crippen MR) is 99.2 cm³/mol. The van der Waals surface area contributed by atoms with Crippen LogP contribution in [0, 0.1) is 12.7 Å². The fraction of sp³-hybridized carbons (Fsp3) is 0.211.